The molecule has 0 amide bonds. The summed E-state index contributed by atoms with van der Waals surface area (Å²) in [6, 6.07) is 10.1. The van der Waals surface area contributed by atoms with Crippen LogP contribution in [0.2, 0.25) is 0 Å². The molecule has 1 saturated heterocycles. The molecule has 1 aromatic carbocycles. The van der Waals surface area contributed by atoms with Crippen molar-refractivity contribution in [3.05, 3.63) is 48.3 Å². The van der Waals surface area contributed by atoms with Crippen molar-refractivity contribution in [1.82, 2.24) is 14.7 Å². The molecule has 0 saturated carbocycles. The van der Waals surface area contributed by atoms with Crippen LogP contribution in [0, 0.1) is 0 Å². The summed E-state index contributed by atoms with van der Waals surface area (Å²) in [6.45, 7) is 2.60. The van der Waals surface area contributed by atoms with Gasteiger partial charge in [0.2, 0.25) is 0 Å². The molecule has 0 radical (unpaired) electrons. The number of benzene rings is 1. The molecule has 1 fully saturated rings. The summed E-state index contributed by atoms with van der Waals surface area (Å²) in [5.74, 6) is 0.814. The topological polar surface area (TPSA) is 50.5 Å². The van der Waals surface area contributed by atoms with E-state index in [9.17, 15) is 5.11 Å². The maximum Gasteiger partial charge on any atom is 0.118 e. The Morgan fingerprint density at radius 1 is 1.36 bits per heavy atom. The predicted molar refractivity (Wildman–Crippen MR) is 84.8 cm³/mol. The van der Waals surface area contributed by atoms with Gasteiger partial charge in [0.25, 0.3) is 0 Å². The van der Waals surface area contributed by atoms with E-state index in [2.05, 4.69) is 10.00 Å². The molecular formula is C17H23N3O2. The van der Waals surface area contributed by atoms with E-state index < -0.39 is 6.10 Å². The van der Waals surface area contributed by atoms with Crippen LogP contribution < -0.4 is 4.74 Å². The molecule has 2 heterocycles. The quantitative estimate of drug-likeness (QED) is 0.887. The molecule has 0 unspecified atom stereocenters. The average Bonchev–Trinajstić information content (AvgIpc) is 3.20. The van der Waals surface area contributed by atoms with E-state index >= 15 is 0 Å². The van der Waals surface area contributed by atoms with Crippen LogP contribution in [0.4, 0.5) is 0 Å². The molecule has 5 heteroatoms. The van der Waals surface area contributed by atoms with Crippen molar-refractivity contribution in [3.63, 3.8) is 0 Å². The molecule has 2 atom stereocenters. The summed E-state index contributed by atoms with van der Waals surface area (Å²) >= 11 is 0. The zero-order chi connectivity index (χ0) is 15.4. The Labute approximate surface area is 131 Å². The molecule has 3 rings (SSSR count). The normalized spacial score (nSPS) is 20.2. The van der Waals surface area contributed by atoms with Gasteiger partial charge in [0.1, 0.15) is 5.75 Å². The number of likely N-dealkylation sites (tertiary alicyclic amines) is 1. The van der Waals surface area contributed by atoms with E-state index in [1.807, 2.05) is 47.4 Å². The molecule has 1 aliphatic heterocycles. The fraction of sp³-hybridized carbons (Fsp3) is 0.471. The van der Waals surface area contributed by atoms with Gasteiger partial charge < -0.3 is 9.84 Å². The number of nitrogens with zero attached hydrogens (tertiary/aromatic N) is 3. The number of hydrogen-bond donors (Lipinski definition) is 1. The van der Waals surface area contributed by atoms with Crippen molar-refractivity contribution in [3.8, 4) is 5.75 Å². The monoisotopic (exact) mass is 301 g/mol. The minimum absolute atomic E-state index is 0.452. The van der Waals surface area contributed by atoms with Gasteiger partial charge in [0, 0.05) is 25.0 Å². The molecule has 0 bridgehead atoms. The zero-order valence-electron chi connectivity index (χ0n) is 12.9. The molecule has 1 N–H and O–H groups in total. The lowest BCUT2D eigenvalue weighted by molar-refractivity contribution is 0.100. The van der Waals surface area contributed by atoms with Crippen molar-refractivity contribution in [2.45, 2.75) is 31.5 Å². The zero-order valence-corrected chi connectivity index (χ0v) is 12.9. The maximum absolute atomic E-state index is 10.5. The molecule has 118 valence electrons. The van der Waals surface area contributed by atoms with Crippen LogP contribution in [-0.2, 0) is 6.54 Å². The van der Waals surface area contributed by atoms with Crippen molar-refractivity contribution in [2.75, 3.05) is 20.2 Å². The van der Waals surface area contributed by atoms with E-state index in [0.29, 0.717) is 12.6 Å². The second-order valence-electron chi connectivity index (χ2n) is 5.81. The molecule has 1 aliphatic rings. The van der Waals surface area contributed by atoms with Crippen LogP contribution >= 0.6 is 0 Å². The Kier molecular flexibility index (Phi) is 4.75. The first-order valence-corrected chi connectivity index (χ1v) is 7.80. The third-order valence-electron chi connectivity index (χ3n) is 4.36. The highest BCUT2D eigenvalue weighted by Gasteiger charge is 2.27. The Morgan fingerprint density at radius 2 is 2.18 bits per heavy atom. The summed E-state index contributed by atoms with van der Waals surface area (Å²) in [5, 5.41) is 14.8. The van der Waals surface area contributed by atoms with Crippen LogP contribution in [0.25, 0.3) is 0 Å². The third kappa shape index (κ3) is 3.48. The van der Waals surface area contributed by atoms with Crippen LogP contribution in [0.5, 0.6) is 5.75 Å². The molecule has 0 spiro atoms. The van der Waals surface area contributed by atoms with Gasteiger partial charge in [-0.3, -0.25) is 9.58 Å². The molecule has 5 nitrogen and oxygen atoms in total. The first kappa shape index (κ1) is 15.1. The van der Waals surface area contributed by atoms with Gasteiger partial charge in [-0.2, -0.15) is 5.10 Å². The number of rotatable bonds is 6. The van der Waals surface area contributed by atoms with Crippen LogP contribution in [0.15, 0.2) is 42.7 Å². The van der Waals surface area contributed by atoms with Crippen LogP contribution in [-0.4, -0.2) is 46.0 Å². The molecule has 0 aliphatic carbocycles. The molecule has 2 aromatic rings. The van der Waals surface area contributed by atoms with Crippen molar-refractivity contribution < 1.29 is 9.84 Å². The maximum atomic E-state index is 10.5. The fourth-order valence-corrected chi connectivity index (χ4v) is 3.12. The number of methoxy groups -OCH3 is 1. The molecule has 22 heavy (non-hydrogen) atoms. The second-order valence-corrected chi connectivity index (χ2v) is 5.81. The van der Waals surface area contributed by atoms with E-state index in [1.54, 1.807) is 7.11 Å². The molecule has 1 aromatic heterocycles. The number of aliphatic hydroxyl groups is 1. The van der Waals surface area contributed by atoms with Crippen molar-refractivity contribution >= 4 is 0 Å². The Hall–Kier alpha value is -1.85. The summed E-state index contributed by atoms with van der Waals surface area (Å²) in [5.41, 5.74) is 0.936. The summed E-state index contributed by atoms with van der Waals surface area (Å²) in [6.07, 6.45) is 5.68. The van der Waals surface area contributed by atoms with E-state index in [1.165, 1.54) is 6.42 Å². The number of β-amino-alcohol motifs (C(OH)–C–C–N with tert-alkyl or cyclic N) is 1. The lowest BCUT2D eigenvalue weighted by atomic mass is 10.1. The van der Waals surface area contributed by atoms with Gasteiger partial charge >= 0.3 is 0 Å². The SMILES string of the molecule is COc1ccc([C@@H](O)CN2CCC[C@H]2Cn2cccn2)cc1. The standard InChI is InChI=1S/C17H23N3O2/c1-22-16-7-5-14(6-8-16)17(21)13-19-10-2-4-15(19)12-20-11-3-9-18-20/h3,5-9,11,15,17,21H,2,4,10,12-13H2,1H3/t15-,17-/m0/s1. The summed E-state index contributed by atoms with van der Waals surface area (Å²) in [7, 11) is 1.65. The average molecular weight is 301 g/mol. The van der Waals surface area contributed by atoms with Gasteiger partial charge in [0.15, 0.2) is 0 Å². The van der Waals surface area contributed by atoms with E-state index in [4.69, 9.17) is 4.74 Å². The Morgan fingerprint density at radius 3 is 2.86 bits per heavy atom. The third-order valence-corrected chi connectivity index (χ3v) is 4.36. The van der Waals surface area contributed by atoms with Gasteiger partial charge in [-0.1, -0.05) is 12.1 Å². The van der Waals surface area contributed by atoms with Gasteiger partial charge in [0.05, 0.1) is 19.8 Å². The van der Waals surface area contributed by atoms with Gasteiger partial charge in [-0.05, 0) is 43.1 Å². The van der Waals surface area contributed by atoms with E-state index in [0.717, 1.165) is 30.8 Å². The number of ether oxygens (including phenoxy) is 1. The number of aliphatic hydroxyl groups excluding tert-OH is 1. The first-order valence-electron chi connectivity index (χ1n) is 7.80. The van der Waals surface area contributed by atoms with Crippen molar-refractivity contribution in [1.29, 1.82) is 0 Å². The smallest absolute Gasteiger partial charge is 0.118 e. The van der Waals surface area contributed by atoms with Gasteiger partial charge in [-0.25, -0.2) is 0 Å². The predicted octanol–water partition coefficient (Wildman–Crippen LogP) is 2.09. The molecular weight excluding hydrogens is 278 g/mol. The highest BCUT2D eigenvalue weighted by Crippen LogP contribution is 2.24. The number of aromatic nitrogens is 2. The summed E-state index contributed by atoms with van der Waals surface area (Å²) in [4.78, 5) is 2.37. The largest absolute Gasteiger partial charge is 0.497 e. The Bertz CT molecular complexity index is 568. The van der Waals surface area contributed by atoms with Gasteiger partial charge in [-0.15, -0.1) is 0 Å². The summed E-state index contributed by atoms with van der Waals surface area (Å²) < 4.78 is 7.13. The van der Waals surface area contributed by atoms with Crippen LogP contribution in [0.3, 0.4) is 0 Å². The van der Waals surface area contributed by atoms with Crippen LogP contribution in [0.1, 0.15) is 24.5 Å². The fourth-order valence-electron chi connectivity index (χ4n) is 3.12. The highest BCUT2D eigenvalue weighted by molar-refractivity contribution is 5.28. The van der Waals surface area contributed by atoms with E-state index in [-0.39, 0.29) is 0 Å². The first-order chi connectivity index (χ1) is 10.8. The highest BCUT2D eigenvalue weighted by atomic mass is 16.5. The number of hydrogen-bond acceptors (Lipinski definition) is 4. The lowest BCUT2D eigenvalue weighted by Gasteiger charge is -2.27. The minimum atomic E-state index is -0.468. The van der Waals surface area contributed by atoms with Crippen molar-refractivity contribution in [2.24, 2.45) is 0 Å². The minimum Gasteiger partial charge on any atom is -0.497 e. The lowest BCUT2D eigenvalue weighted by Crippen LogP contribution is -2.36. The second kappa shape index (κ2) is 6.94. The Balaban J connectivity index is 1.60.